The Labute approximate surface area is 184 Å². The summed E-state index contributed by atoms with van der Waals surface area (Å²) in [7, 11) is 0. The Kier molecular flexibility index (Phi) is 6.09. The van der Waals surface area contributed by atoms with E-state index in [-0.39, 0.29) is 23.4 Å². The predicted molar refractivity (Wildman–Crippen MR) is 119 cm³/mol. The maximum atomic E-state index is 14.7. The van der Waals surface area contributed by atoms with E-state index < -0.39 is 5.82 Å². The molecule has 31 heavy (non-hydrogen) atoms. The van der Waals surface area contributed by atoms with Gasteiger partial charge >= 0.3 is 0 Å². The lowest BCUT2D eigenvalue weighted by atomic mass is 9.89. The molecule has 0 radical (unpaired) electrons. The van der Waals surface area contributed by atoms with Crippen molar-refractivity contribution in [3.63, 3.8) is 0 Å². The van der Waals surface area contributed by atoms with Gasteiger partial charge in [0.25, 0.3) is 5.91 Å². The fourth-order valence-electron chi connectivity index (χ4n) is 3.95. The summed E-state index contributed by atoms with van der Waals surface area (Å²) < 4.78 is 14.7. The van der Waals surface area contributed by atoms with Crippen LogP contribution in [-0.2, 0) is 0 Å². The van der Waals surface area contributed by atoms with Gasteiger partial charge in [0.05, 0.1) is 10.4 Å². The highest BCUT2D eigenvalue weighted by atomic mass is 32.1. The third-order valence-electron chi connectivity index (χ3n) is 5.61. The second-order valence-electron chi connectivity index (χ2n) is 7.77. The first kappa shape index (κ1) is 21.1. The van der Waals surface area contributed by atoms with Crippen LogP contribution in [0.5, 0.6) is 0 Å². The Hall–Kier alpha value is -3.12. The maximum Gasteiger partial charge on any atom is 0.254 e. The van der Waals surface area contributed by atoms with Gasteiger partial charge in [0, 0.05) is 35.5 Å². The first-order valence-electron chi connectivity index (χ1n) is 10.2. The topological polar surface area (TPSA) is 54.5 Å². The fraction of sp³-hybridized carbons (Fsp3) is 0.240. The highest BCUT2D eigenvalue weighted by molar-refractivity contribution is 7.12. The van der Waals surface area contributed by atoms with E-state index in [0.29, 0.717) is 47.5 Å². The van der Waals surface area contributed by atoms with E-state index in [1.807, 2.05) is 30.3 Å². The van der Waals surface area contributed by atoms with Crippen LogP contribution < -0.4 is 0 Å². The molecule has 0 saturated carbocycles. The number of halogens is 1. The van der Waals surface area contributed by atoms with Crippen molar-refractivity contribution in [2.45, 2.75) is 19.8 Å². The molecular weight excluding hydrogens is 413 g/mol. The molecular formula is C25H22FNO3S. The number of piperidine rings is 1. The summed E-state index contributed by atoms with van der Waals surface area (Å²) in [5.41, 5.74) is 2.01. The molecule has 6 heteroatoms. The number of likely N-dealkylation sites (tertiary alicyclic amines) is 1. The van der Waals surface area contributed by atoms with Crippen LogP contribution in [0.3, 0.4) is 0 Å². The molecule has 2 aromatic carbocycles. The minimum absolute atomic E-state index is 0.0725. The van der Waals surface area contributed by atoms with Crippen molar-refractivity contribution in [2.24, 2.45) is 5.92 Å². The van der Waals surface area contributed by atoms with Gasteiger partial charge in [0.15, 0.2) is 11.6 Å². The zero-order chi connectivity index (χ0) is 22.0. The first-order valence-corrected chi connectivity index (χ1v) is 11.1. The van der Waals surface area contributed by atoms with E-state index >= 15 is 0 Å². The lowest BCUT2D eigenvalue weighted by Crippen LogP contribution is -2.42. The molecule has 0 bridgehead atoms. The van der Waals surface area contributed by atoms with Crippen molar-refractivity contribution in [3.05, 3.63) is 81.8 Å². The second kappa shape index (κ2) is 8.94. The quantitative estimate of drug-likeness (QED) is 0.498. The number of carbonyl (C=O) groups is 3. The number of ketones is 2. The van der Waals surface area contributed by atoms with Gasteiger partial charge in [-0.2, -0.15) is 0 Å². The number of rotatable bonds is 5. The summed E-state index contributed by atoms with van der Waals surface area (Å²) in [4.78, 5) is 39.6. The fourth-order valence-corrected chi connectivity index (χ4v) is 4.73. The number of hydrogen-bond donors (Lipinski definition) is 0. The predicted octanol–water partition coefficient (Wildman–Crippen LogP) is 5.49. The zero-order valence-corrected chi connectivity index (χ0v) is 18.0. The Bertz CT molecular complexity index is 1140. The highest BCUT2D eigenvalue weighted by Crippen LogP contribution is 2.27. The molecule has 1 saturated heterocycles. The van der Waals surface area contributed by atoms with Crippen molar-refractivity contribution in [1.29, 1.82) is 0 Å². The number of nitrogens with zero attached hydrogens (tertiary/aromatic N) is 1. The number of thiophene rings is 1. The number of carbonyl (C=O) groups excluding carboxylic acids is 3. The van der Waals surface area contributed by atoms with Crippen LogP contribution in [0.25, 0.3) is 11.1 Å². The summed E-state index contributed by atoms with van der Waals surface area (Å²) in [5.74, 6) is -1.20. The first-order chi connectivity index (χ1) is 14.9. The molecule has 1 aliphatic rings. The van der Waals surface area contributed by atoms with Crippen molar-refractivity contribution in [3.8, 4) is 11.1 Å². The molecule has 158 valence electrons. The van der Waals surface area contributed by atoms with Crippen molar-refractivity contribution < 1.29 is 18.8 Å². The van der Waals surface area contributed by atoms with Crippen molar-refractivity contribution in [1.82, 2.24) is 4.90 Å². The largest absolute Gasteiger partial charge is 0.338 e. The highest BCUT2D eigenvalue weighted by Gasteiger charge is 2.30. The molecule has 1 aromatic heterocycles. The molecule has 3 aromatic rings. The SMILES string of the molecule is CC(=O)c1cc(C(=O)N2CCC[C@H](C(=O)c3ccc(-c4ccccc4)c(F)c3)C2)cs1. The molecule has 4 nitrogen and oxygen atoms in total. The number of amides is 1. The van der Waals surface area contributed by atoms with E-state index in [0.717, 1.165) is 5.56 Å². The number of Topliss-reactive ketones (excluding diaryl/α,β-unsaturated/α-hetero) is 2. The summed E-state index contributed by atoms with van der Waals surface area (Å²) >= 11 is 1.25. The molecule has 0 N–H and O–H groups in total. The van der Waals surface area contributed by atoms with Gasteiger partial charge in [-0.25, -0.2) is 4.39 Å². The molecule has 1 fully saturated rings. The standard InChI is InChI=1S/C25H22FNO3S/c1-16(28)23-13-20(15-31-23)25(30)27-11-5-8-19(14-27)24(29)18-9-10-21(22(26)12-18)17-6-3-2-4-7-17/h2-4,6-7,9-10,12-13,15,19H,5,8,11,14H2,1H3/t19-/m0/s1. The summed E-state index contributed by atoms with van der Waals surface area (Å²) in [6.07, 6.45) is 1.36. The lowest BCUT2D eigenvalue weighted by Gasteiger charge is -2.32. The van der Waals surface area contributed by atoms with Crippen molar-refractivity contribution in [2.75, 3.05) is 13.1 Å². The molecule has 1 atom stereocenters. The van der Waals surface area contributed by atoms with Crippen LogP contribution in [0.15, 0.2) is 60.0 Å². The average molecular weight is 436 g/mol. The molecule has 4 rings (SSSR count). The Morgan fingerprint density at radius 3 is 2.48 bits per heavy atom. The Morgan fingerprint density at radius 2 is 1.81 bits per heavy atom. The summed E-state index contributed by atoms with van der Waals surface area (Å²) in [6.45, 7) is 2.33. The van der Waals surface area contributed by atoms with Gasteiger partial charge < -0.3 is 4.90 Å². The lowest BCUT2D eigenvalue weighted by molar-refractivity contribution is 0.0637. The molecule has 0 unspecified atom stereocenters. The van der Waals surface area contributed by atoms with Crippen LogP contribution in [0, 0.1) is 11.7 Å². The molecule has 1 aliphatic heterocycles. The van der Waals surface area contributed by atoms with Gasteiger partial charge in [0.1, 0.15) is 5.82 Å². The third-order valence-corrected chi connectivity index (χ3v) is 6.64. The van der Waals surface area contributed by atoms with E-state index in [1.165, 1.54) is 24.3 Å². The third kappa shape index (κ3) is 4.49. The van der Waals surface area contributed by atoms with Gasteiger partial charge in [0.2, 0.25) is 0 Å². The molecule has 2 heterocycles. The van der Waals surface area contributed by atoms with Gasteiger partial charge in [-0.3, -0.25) is 14.4 Å². The van der Waals surface area contributed by atoms with Crippen LogP contribution in [-0.4, -0.2) is 35.5 Å². The van der Waals surface area contributed by atoms with Gasteiger partial charge in [-0.15, -0.1) is 11.3 Å². The van der Waals surface area contributed by atoms with E-state index in [9.17, 15) is 18.8 Å². The second-order valence-corrected chi connectivity index (χ2v) is 8.68. The minimum atomic E-state index is -0.434. The Morgan fingerprint density at radius 1 is 1.03 bits per heavy atom. The van der Waals surface area contributed by atoms with E-state index in [4.69, 9.17) is 0 Å². The number of hydrogen-bond acceptors (Lipinski definition) is 4. The number of benzene rings is 2. The monoisotopic (exact) mass is 435 g/mol. The van der Waals surface area contributed by atoms with Gasteiger partial charge in [-0.05, 0) is 37.5 Å². The average Bonchev–Trinajstić information content (AvgIpc) is 3.29. The van der Waals surface area contributed by atoms with Gasteiger partial charge in [-0.1, -0.05) is 42.5 Å². The molecule has 1 amide bonds. The van der Waals surface area contributed by atoms with Crippen LogP contribution in [0.4, 0.5) is 4.39 Å². The molecule has 0 spiro atoms. The maximum absolute atomic E-state index is 14.7. The normalized spacial score (nSPS) is 16.2. The summed E-state index contributed by atoms with van der Waals surface area (Å²) in [6, 6.07) is 15.4. The van der Waals surface area contributed by atoms with Crippen LogP contribution >= 0.6 is 11.3 Å². The van der Waals surface area contributed by atoms with Crippen LogP contribution in [0.1, 0.15) is 50.2 Å². The van der Waals surface area contributed by atoms with Crippen LogP contribution in [0.2, 0.25) is 0 Å². The smallest absolute Gasteiger partial charge is 0.254 e. The zero-order valence-electron chi connectivity index (χ0n) is 17.1. The minimum Gasteiger partial charge on any atom is -0.338 e. The van der Waals surface area contributed by atoms with E-state index in [1.54, 1.807) is 28.5 Å². The van der Waals surface area contributed by atoms with Crippen molar-refractivity contribution >= 4 is 28.8 Å². The summed E-state index contributed by atoms with van der Waals surface area (Å²) in [5, 5.41) is 1.68. The Balaban J connectivity index is 1.49. The van der Waals surface area contributed by atoms with E-state index in [2.05, 4.69) is 0 Å². The molecule has 0 aliphatic carbocycles.